The molecule has 130 valence electrons. The van der Waals surface area contributed by atoms with Crippen molar-refractivity contribution in [2.75, 3.05) is 13.1 Å². The summed E-state index contributed by atoms with van der Waals surface area (Å²) >= 11 is 0. The summed E-state index contributed by atoms with van der Waals surface area (Å²) in [4.78, 5) is 31.3. The maximum atomic E-state index is 12.7. The monoisotopic (exact) mass is 345 g/mol. The lowest BCUT2D eigenvalue weighted by atomic mass is 9.93. The molecule has 4 heterocycles. The van der Waals surface area contributed by atoms with Gasteiger partial charge in [0.2, 0.25) is 0 Å². The quantitative estimate of drug-likeness (QED) is 0.730. The molecule has 0 saturated carbocycles. The smallest absolute Gasteiger partial charge is 0.255 e. The average molecular weight is 345 g/mol. The first-order valence-electron chi connectivity index (χ1n) is 8.72. The Morgan fingerprint density at radius 1 is 1.00 bits per heavy atom. The van der Waals surface area contributed by atoms with E-state index in [1.165, 1.54) is 6.33 Å². The Labute approximate surface area is 152 Å². The van der Waals surface area contributed by atoms with Gasteiger partial charge in [-0.25, -0.2) is 9.97 Å². The molecule has 1 fully saturated rings. The second-order valence-corrected chi connectivity index (χ2v) is 6.43. The first kappa shape index (κ1) is 16.3. The summed E-state index contributed by atoms with van der Waals surface area (Å²) in [5.41, 5.74) is 3.60. The number of nitrogens with zero attached hydrogens (tertiary/aromatic N) is 5. The molecule has 6 heteroatoms. The number of hydrogen-bond acceptors (Lipinski definition) is 5. The molecule has 1 amide bonds. The van der Waals surface area contributed by atoms with Crippen molar-refractivity contribution in [3.63, 3.8) is 0 Å². The van der Waals surface area contributed by atoms with Crippen LogP contribution in [0.25, 0.3) is 11.1 Å². The van der Waals surface area contributed by atoms with Crippen LogP contribution in [0.4, 0.5) is 0 Å². The van der Waals surface area contributed by atoms with Gasteiger partial charge in [-0.05, 0) is 31.0 Å². The van der Waals surface area contributed by atoms with Gasteiger partial charge >= 0.3 is 0 Å². The number of rotatable bonds is 3. The van der Waals surface area contributed by atoms with Crippen LogP contribution in [0.1, 0.15) is 34.8 Å². The third kappa shape index (κ3) is 3.44. The van der Waals surface area contributed by atoms with E-state index in [1.807, 2.05) is 29.3 Å². The van der Waals surface area contributed by atoms with E-state index < -0.39 is 0 Å². The summed E-state index contributed by atoms with van der Waals surface area (Å²) in [5, 5.41) is 0. The maximum absolute atomic E-state index is 12.7. The Morgan fingerprint density at radius 3 is 2.62 bits per heavy atom. The van der Waals surface area contributed by atoms with E-state index in [2.05, 4.69) is 19.9 Å². The zero-order chi connectivity index (χ0) is 17.8. The number of amides is 1. The van der Waals surface area contributed by atoms with Gasteiger partial charge in [-0.1, -0.05) is 6.07 Å². The normalized spacial score (nSPS) is 17.1. The Hall–Kier alpha value is -3.15. The molecule has 1 atom stereocenters. The van der Waals surface area contributed by atoms with Crippen LogP contribution in [0.5, 0.6) is 0 Å². The minimum Gasteiger partial charge on any atom is -0.338 e. The molecule has 3 aromatic heterocycles. The van der Waals surface area contributed by atoms with Gasteiger partial charge in [0.25, 0.3) is 5.91 Å². The molecule has 0 aromatic carbocycles. The van der Waals surface area contributed by atoms with Crippen molar-refractivity contribution >= 4 is 5.91 Å². The number of likely N-dealkylation sites (tertiary alicyclic amines) is 1. The average Bonchev–Trinajstić information content (AvgIpc) is 2.75. The number of aromatic nitrogens is 4. The van der Waals surface area contributed by atoms with E-state index in [-0.39, 0.29) is 11.8 Å². The third-order valence-electron chi connectivity index (χ3n) is 4.72. The molecule has 26 heavy (non-hydrogen) atoms. The molecule has 1 aliphatic rings. The highest BCUT2D eigenvalue weighted by Crippen LogP contribution is 2.27. The molecule has 0 bridgehead atoms. The van der Waals surface area contributed by atoms with E-state index in [1.54, 1.807) is 30.9 Å². The van der Waals surface area contributed by atoms with Gasteiger partial charge in [0.1, 0.15) is 6.33 Å². The predicted octanol–water partition coefficient (Wildman–Crippen LogP) is 2.95. The number of carbonyl (C=O) groups is 1. The molecule has 3 aromatic rings. The van der Waals surface area contributed by atoms with Gasteiger partial charge < -0.3 is 4.90 Å². The number of piperidine rings is 1. The van der Waals surface area contributed by atoms with Gasteiger partial charge in [0, 0.05) is 66.8 Å². The van der Waals surface area contributed by atoms with Gasteiger partial charge in [0.05, 0.1) is 5.56 Å². The number of carbonyl (C=O) groups excluding carboxylic acids is 1. The Kier molecular flexibility index (Phi) is 4.64. The highest BCUT2D eigenvalue weighted by molar-refractivity contribution is 5.94. The van der Waals surface area contributed by atoms with E-state index in [9.17, 15) is 4.79 Å². The first-order valence-corrected chi connectivity index (χ1v) is 8.72. The molecule has 1 unspecified atom stereocenters. The molecule has 0 spiro atoms. The highest BCUT2D eigenvalue weighted by Gasteiger charge is 2.26. The van der Waals surface area contributed by atoms with E-state index in [0.29, 0.717) is 12.1 Å². The maximum Gasteiger partial charge on any atom is 0.255 e. The van der Waals surface area contributed by atoms with Gasteiger partial charge in [0.15, 0.2) is 0 Å². The standard InChI is InChI=1S/C20H19N5O/c26-20(16-3-1-7-21-9-16)25-8-2-4-17(13-25)19-6-5-15(12-24-19)18-10-22-14-23-11-18/h1,3,5-7,9-12,14,17H,2,4,8,13H2. The predicted molar refractivity (Wildman–Crippen MR) is 97.4 cm³/mol. The van der Waals surface area contributed by atoms with Crippen LogP contribution in [-0.4, -0.2) is 43.8 Å². The highest BCUT2D eigenvalue weighted by atomic mass is 16.2. The largest absolute Gasteiger partial charge is 0.338 e. The summed E-state index contributed by atoms with van der Waals surface area (Å²) in [6.45, 7) is 1.47. The van der Waals surface area contributed by atoms with Gasteiger partial charge in [-0.3, -0.25) is 14.8 Å². The second kappa shape index (κ2) is 7.39. The van der Waals surface area contributed by atoms with Crippen LogP contribution in [0.2, 0.25) is 0 Å². The van der Waals surface area contributed by atoms with Crippen LogP contribution in [0, 0.1) is 0 Å². The minimum absolute atomic E-state index is 0.0425. The summed E-state index contributed by atoms with van der Waals surface area (Å²) < 4.78 is 0. The number of hydrogen-bond donors (Lipinski definition) is 0. The third-order valence-corrected chi connectivity index (χ3v) is 4.72. The van der Waals surface area contributed by atoms with E-state index in [0.717, 1.165) is 36.2 Å². The van der Waals surface area contributed by atoms with Crippen LogP contribution in [0.3, 0.4) is 0 Å². The van der Waals surface area contributed by atoms with Crippen molar-refractivity contribution < 1.29 is 4.79 Å². The zero-order valence-electron chi connectivity index (χ0n) is 14.3. The van der Waals surface area contributed by atoms with Crippen molar-refractivity contribution in [2.45, 2.75) is 18.8 Å². The Morgan fingerprint density at radius 2 is 1.88 bits per heavy atom. The zero-order valence-corrected chi connectivity index (χ0v) is 14.3. The van der Waals surface area contributed by atoms with Crippen molar-refractivity contribution in [1.29, 1.82) is 0 Å². The van der Waals surface area contributed by atoms with E-state index >= 15 is 0 Å². The van der Waals surface area contributed by atoms with Gasteiger partial charge in [-0.15, -0.1) is 0 Å². The van der Waals surface area contributed by atoms with Crippen LogP contribution < -0.4 is 0 Å². The lowest BCUT2D eigenvalue weighted by Gasteiger charge is -2.32. The summed E-state index contributed by atoms with van der Waals surface area (Å²) in [6.07, 6.45) is 12.2. The molecule has 0 aliphatic carbocycles. The minimum atomic E-state index is 0.0425. The second-order valence-electron chi connectivity index (χ2n) is 6.43. The fourth-order valence-corrected chi connectivity index (χ4v) is 3.34. The molecule has 4 rings (SSSR count). The molecule has 1 saturated heterocycles. The molecule has 0 N–H and O–H groups in total. The summed E-state index contributed by atoms with van der Waals surface area (Å²) in [7, 11) is 0. The first-order chi connectivity index (χ1) is 12.8. The Balaban J connectivity index is 1.49. The summed E-state index contributed by atoms with van der Waals surface area (Å²) in [5.74, 6) is 0.297. The van der Waals surface area contributed by atoms with Gasteiger partial charge in [-0.2, -0.15) is 0 Å². The van der Waals surface area contributed by atoms with Crippen molar-refractivity contribution in [3.05, 3.63) is 72.8 Å². The van der Waals surface area contributed by atoms with Crippen molar-refractivity contribution in [3.8, 4) is 11.1 Å². The molecule has 1 aliphatic heterocycles. The topological polar surface area (TPSA) is 71.9 Å². The molecule has 6 nitrogen and oxygen atoms in total. The fraction of sp³-hybridized carbons (Fsp3) is 0.250. The number of pyridine rings is 2. The summed E-state index contributed by atoms with van der Waals surface area (Å²) in [6, 6.07) is 7.70. The Bertz CT molecular complexity index is 868. The molecular weight excluding hydrogens is 326 g/mol. The van der Waals surface area contributed by atoms with Crippen LogP contribution >= 0.6 is 0 Å². The molecular formula is C20H19N5O. The van der Waals surface area contributed by atoms with Crippen molar-refractivity contribution in [1.82, 2.24) is 24.8 Å². The SMILES string of the molecule is O=C(c1cccnc1)N1CCCC(c2ccc(-c3cncnc3)cn2)C1. The lowest BCUT2D eigenvalue weighted by molar-refractivity contribution is 0.0705. The molecule has 0 radical (unpaired) electrons. The van der Waals surface area contributed by atoms with E-state index in [4.69, 9.17) is 0 Å². The lowest BCUT2D eigenvalue weighted by Crippen LogP contribution is -2.39. The fourth-order valence-electron chi connectivity index (χ4n) is 3.34. The van der Waals surface area contributed by atoms with Crippen LogP contribution in [0.15, 0.2) is 61.6 Å². The van der Waals surface area contributed by atoms with Crippen molar-refractivity contribution in [2.24, 2.45) is 0 Å². The van der Waals surface area contributed by atoms with Crippen LogP contribution in [-0.2, 0) is 0 Å².